The number of carbonyl (C=O) groups is 1. The van der Waals surface area contributed by atoms with Crippen LogP contribution in [0.3, 0.4) is 0 Å². The number of hydrogen-bond acceptors (Lipinski definition) is 9. The second-order valence-electron chi connectivity index (χ2n) is 13.8. The highest BCUT2D eigenvalue weighted by molar-refractivity contribution is 7.49. The SMILES string of the molecule is Cc1cc(C2(C)C(=O)Oc3c(C(C)(C)C)cc(C(C)(C)C)cc32)cc(C)c1OP1(=O)OCC2(CO[PH](=O)OC2)CO1. The van der Waals surface area contributed by atoms with Gasteiger partial charge in [0.25, 0.3) is 0 Å². The molecule has 2 fully saturated rings. The van der Waals surface area contributed by atoms with Gasteiger partial charge in [-0.1, -0.05) is 65.8 Å². The molecule has 0 radical (unpaired) electrons. The lowest BCUT2D eigenvalue weighted by Crippen LogP contribution is -2.45. The molecule has 11 heteroatoms. The van der Waals surface area contributed by atoms with Gasteiger partial charge < -0.3 is 18.3 Å². The lowest BCUT2D eigenvalue weighted by atomic mass is 9.72. The Hall–Kier alpha value is -1.99. The molecule has 0 amide bonds. The summed E-state index contributed by atoms with van der Waals surface area (Å²) in [5, 5.41) is 0. The third-order valence-electron chi connectivity index (χ3n) is 8.20. The summed E-state index contributed by atoms with van der Waals surface area (Å²) < 4.78 is 58.2. The predicted octanol–water partition coefficient (Wildman–Crippen LogP) is 7.08. The first-order valence-electron chi connectivity index (χ1n) is 13.8. The Morgan fingerprint density at radius 2 is 1.44 bits per heavy atom. The number of benzene rings is 2. The van der Waals surface area contributed by atoms with E-state index >= 15 is 0 Å². The highest BCUT2D eigenvalue weighted by Crippen LogP contribution is 2.57. The topological polar surface area (TPSA) is 107 Å². The highest BCUT2D eigenvalue weighted by atomic mass is 31.2. The molecule has 3 aliphatic rings. The maximum atomic E-state index is 13.7. The van der Waals surface area contributed by atoms with Crippen LogP contribution in [0, 0.1) is 19.3 Å². The van der Waals surface area contributed by atoms with E-state index in [1.54, 1.807) is 0 Å². The molecule has 0 aromatic heterocycles. The average Bonchev–Trinajstić information content (AvgIpc) is 3.14. The lowest BCUT2D eigenvalue weighted by Gasteiger charge is -2.40. The smallest absolute Gasteiger partial charge is 0.425 e. The van der Waals surface area contributed by atoms with E-state index in [9.17, 15) is 13.9 Å². The van der Waals surface area contributed by atoms with Crippen molar-refractivity contribution in [1.29, 1.82) is 0 Å². The Kier molecular flexibility index (Phi) is 7.46. The molecular weight excluding hydrogens is 566 g/mol. The van der Waals surface area contributed by atoms with Crippen LogP contribution in [0.5, 0.6) is 11.5 Å². The van der Waals surface area contributed by atoms with E-state index in [-0.39, 0.29) is 43.2 Å². The molecule has 0 saturated carbocycles. The standard InChI is InChI=1S/C30H40O9P2/c1-18-10-21(11-19(2)24(18)39-41(33)36-16-30(17-37-41)14-34-40(32)35-15-30)29(9)23-13-20(27(3,4)5)12-22(28(6,7)8)25(23)38-26(29)31/h10-13,40H,14-17H2,1-9H3. The maximum Gasteiger partial charge on any atom is 0.530 e. The number of esters is 1. The van der Waals surface area contributed by atoms with Gasteiger partial charge in [-0.05, 0) is 53.9 Å². The molecule has 2 aromatic rings. The van der Waals surface area contributed by atoms with Gasteiger partial charge in [-0.25, -0.2) is 4.57 Å². The molecule has 2 aromatic carbocycles. The molecule has 3 aliphatic heterocycles. The van der Waals surface area contributed by atoms with Crippen LogP contribution in [-0.2, 0) is 48.3 Å². The molecule has 0 bridgehead atoms. The summed E-state index contributed by atoms with van der Waals surface area (Å²) >= 11 is 0. The molecule has 1 spiro atoms. The monoisotopic (exact) mass is 606 g/mol. The van der Waals surface area contributed by atoms with Gasteiger partial charge in [-0.2, -0.15) is 0 Å². The zero-order chi connectivity index (χ0) is 30.2. The number of ether oxygens (including phenoxy) is 1. The van der Waals surface area contributed by atoms with Gasteiger partial charge in [0.1, 0.15) is 16.9 Å². The van der Waals surface area contributed by atoms with Crippen LogP contribution >= 0.6 is 16.1 Å². The summed E-state index contributed by atoms with van der Waals surface area (Å²) in [4.78, 5) is 13.7. The van der Waals surface area contributed by atoms with Gasteiger partial charge >= 0.3 is 22.0 Å². The average molecular weight is 607 g/mol. The zero-order valence-corrected chi connectivity index (χ0v) is 27.2. The third-order valence-corrected chi connectivity index (χ3v) is 10.3. The van der Waals surface area contributed by atoms with Crippen LogP contribution < -0.4 is 9.26 Å². The van der Waals surface area contributed by atoms with Crippen molar-refractivity contribution in [3.63, 3.8) is 0 Å². The number of fused-ring (bicyclic) bond motifs is 1. The second-order valence-corrected chi connectivity index (χ2v) is 16.4. The van der Waals surface area contributed by atoms with Crippen molar-refractivity contribution < 1.29 is 41.3 Å². The van der Waals surface area contributed by atoms with Crippen LogP contribution in [0.25, 0.3) is 0 Å². The number of phosphoric acid groups is 1. The molecular formula is C30H40O9P2. The van der Waals surface area contributed by atoms with Gasteiger partial charge in [0, 0.05) is 11.1 Å². The predicted molar refractivity (Wildman–Crippen MR) is 155 cm³/mol. The van der Waals surface area contributed by atoms with Crippen molar-refractivity contribution in [1.82, 2.24) is 0 Å². The Labute approximate surface area is 242 Å². The van der Waals surface area contributed by atoms with Crippen LogP contribution in [0.1, 0.15) is 81.8 Å². The molecule has 3 heterocycles. The van der Waals surface area contributed by atoms with Crippen LogP contribution in [0.4, 0.5) is 0 Å². The van der Waals surface area contributed by atoms with Crippen molar-refractivity contribution in [3.8, 4) is 11.5 Å². The van der Waals surface area contributed by atoms with Gasteiger partial charge in [0.2, 0.25) is 0 Å². The zero-order valence-electron chi connectivity index (χ0n) is 25.3. The van der Waals surface area contributed by atoms with Gasteiger partial charge in [-0.3, -0.25) is 18.4 Å². The molecule has 0 N–H and O–H groups in total. The minimum atomic E-state index is -3.94. The maximum absolute atomic E-state index is 13.7. The summed E-state index contributed by atoms with van der Waals surface area (Å²) in [6, 6.07) is 8.00. The van der Waals surface area contributed by atoms with E-state index in [4.69, 9.17) is 27.4 Å². The minimum Gasteiger partial charge on any atom is -0.425 e. The van der Waals surface area contributed by atoms with E-state index < -0.39 is 26.9 Å². The number of phosphoric ester groups is 1. The molecule has 41 heavy (non-hydrogen) atoms. The fraction of sp³-hybridized carbons (Fsp3) is 0.567. The Morgan fingerprint density at radius 1 is 0.878 bits per heavy atom. The summed E-state index contributed by atoms with van der Waals surface area (Å²) in [5.74, 6) is 0.647. The minimum absolute atomic E-state index is 0.0164. The van der Waals surface area contributed by atoms with Crippen molar-refractivity contribution in [3.05, 3.63) is 57.6 Å². The first kappa shape index (κ1) is 30.5. The van der Waals surface area contributed by atoms with E-state index in [1.807, 2.05) is 32.9 Å². The van der Waals surface area contributed by atoms with Gasteiger partial charge in [-0.15, -0.1) is 0 Å². The summed E-state index contributed by atoms with van der Waals surface area (Å²) in [6.45, 7) is 18.7. The Morgan fingerprint density at radius 3 is 1.95 bits per heavy atom. The fourth-order valence-corrected chi connectivity index (χ4v) is 7.90. The first-order valence-corrected chi connectivity index (χ1v) is 16.5. The van der Waals surface area contributed by atoms with E-state index in [0.717, 1.165) is 22.3 Å². The van der Waals surface area contributed by atoms with Crippen LogP contribution in [-0.4, -0.2) is 32.4 Å². The highest BCUT2D eigenvalue weighted by Gasteiger charge is 2.50. The Bertz CT molecular complexity index is 1440. The van der Waals surface area contributed by atoms with Gasteiger partial charge in [0.05, 0.1) is 31.8 Å². The molecule has 224 valence electrons. The summed E-state index contributed by atoms with van der Waals surface area (Å²) in [5.41, 5.74) is 2.95. The summed E-state index contributed by atoms with van der Waals surface area (Å²) in [6.07, 6.45) is 0. The Balaban J connectivity index is 1.49. The number of rotatable bonds is 3. The molecule has 2 saturated heterocycles. The quantitative estimate of drug-likeness (QED) is 0.206. The molecule has 9 nitrogen and oxygen atoms in total. The van der Waals surface area contributed by atoms with Crippen LogP contribution in [0.2, 0.25) is 0 Å². The number of hydrogen-bond donors (Lipinski definition) is 0. The lowest BCUT2D eigenvalue weighted by molar-refractivity contribution is -0.136. The normalized spacial score (nSPS) is 30.3. The third kappa shape index (κ3) is 5.46. The van der Waals surface area contributed by atoms with E-state index in [2.05, 4.69) is 53.7 Å². The largest absolute Gasteiger partial charge is 0.530 e. The van der Waals surface area contributed by atoms with Crippen molar-refractivity contribution in [2.75, 3.05) is 26.4 Å². The molecule has 1 atom stereocenters. The van der Waals surface area contributed by atoms with Crippen molar-refractivity contribution in [2.24, 2.45) is 5.41 Å². The first-order chi connectivity index (χ1) is 18.9. The molecule has 1 unspecified atom stereocenters. The van der Waals surface area contributed by atoms with Crippen molar-refractivity contribution in [2.45, 2.75) is 78.6 Å². The molecule has 5 rings (SSSR count). The van der Waals surface area contributed by atoms with Gasteiger partial charge in [0.15, 0.2) is 0 Å². The van der Waals surface area contributed by atoms with Crippen LogP contribution in [0.15, 0.2) is 24.3 Å². The molecule has 0 aliphatic carbocycles. The fourth-order valence-electron chi connectivity index (χ4n) is 5.41. The van der Waals surface area contributed by atoms with Crippen molar-refractivity contribution >= 4 is 22.0 Å². The second kappa shape index (κ2) is 10.0. The van der Waals surface area contributed by atoms with E-state index in [0.29, 0.717) is 22.6 Å². The number of aryl methyl sites for hydroxylation is 2. The summed E-state index contributed by atoms with van der Waals surface area (Å²) in [7, 11) is -6.45. The number of carbonyl (C=O) groups excluding carboxylic acids is 1. The van der Waals surface area contributed by atoms with E-state index in [1.165, 1.54) is 0 Å².